The Bertz CT molecular complexity index is 61.8. The van der Waals surface area contributed by atoms with Crippen LogP contribution in [0.15, 0.2) is 12.7 Å². The normalized spacial score (nSPS) is 5.33. The molecule has 0 rings (SSSR count). The lowest BCUT2D eigenvalue weighted by atomic mass is 10.6. The predicted molar refractivity (Wildman–Crippen MR) is 19.4 cm³/mol. The zero-order valence-electron chi connectivity index (χ0n) is 3.15. The zero-order chi connectivity index (χ0) is 4.28. The van der Waals surface area contributed by atoms with Crippen molar-refractivity contribution >= 4 is 5.91 Å². The number of hydrogen-bond acceptors (Lipinski definition) is 1. The van der Waals surface area contributed by atoms with Gasteiger partial charge in [0.15, 0.2) is 0 Å². The quantitative estimate of drug-likeness (QED) is 0.349. The van der Waals surface area contributed by atoms with Crippen LogP contribution in [0.25, 0.3) is 0 Å². The van der Waals surface area contributed by atoms with Crippen LogP contribution in [0.2, 0.25) is 0 Å². The molecule has 0 unspecified atom stereocenters. The maximum Gasteiger partial charge on any atom is 0.240 e. The van der Waals surface area contributed by atoms with E-state index in [2.05, 4.69) is 12.3 Å². The molecule has 36 valence electrons. The van der Waals surface area contributed by atoms with Crippen LogP contribution in [0.3, 0.4) is 0 Å². The van der Waals surface area contributed by atoms with Crippen LogP contribution in [0, 0.1) is 0 Å². The van der Waals surface area contributed by atoms with Gasteiger partial charge < -0.3 is 18.1 Å². The lowest BCUT2D eigenvalue weighted by Gasteiger charge is -1.65. The largest absolute Gasteiger partial charge is 1.00 e. The monoisotopic (exact) mass is 106 g/mol. The Kier molecular flexibility index (Phi) is 6.82. The van der Waals surface area contributed by atoms with Crippen molar-refractivity contribution in [2.75, 3.05) is 0 Å². The third-order valence-electron chi connectivity index (χ3n) is 0.201. The summed E-state index contributed by atoms with van der Waals surface area (Å²) in [5.74, 6) is -0.481. The van der Waals surface area contributed by atoms with Crippen LogP contribution < -0.4 is 18.1 Å². The van der Waals surface area contributed by atoms with E-state index in [9.17, 15) is 4.79 Å². The summed E-state index contributed by atoms with van der Waals surface area (Å²) in [6.07, 6.45) is 1.06. The van der Waals surface area contributed by atoms with E-state index in [4.69, 9.17) is 0 Å². The topological polar surface area (TPSA) is 43.1 Å². The first kappa shape index (κ1) is 9.09. The van der Waals surface area contributed by atoms with E-state index >= 15 is 0 Å². The molecule has 0 saturated heterocycles. The smallest absolute Gasteiger partial charge is 0.240 e. The van der Waals surface area contributed by atoms with E-state index in [0.29, 0.717) is 0 Å². The molecule has 0 radical (unpaired) electrons. The number of carbonyl (C=O) groups excluding carboxylic acids is 1. The minimum Gasteiger partial charge on any atom is -1.00 e. The Hall–Kier alpha value is -0.500. The van der Waals surface area contributed by atoms with E-state index in [1.165, 1.54) is 0 Å². The number of primary amides is 1. The Morgan fingerprint density at radius 1 is 1.83 bits per heavy atom. The van der Waals surface area contributed by atoms with Gasteiger partial charge in [0.25, 0.3) is 0 Å². The van der Waals surface area contributed by atoms with Crippen LogP contribution in [-0.2, 0) is 4.79 Å². The average Bonchev–Trinajstić information content (AvgIpc) is 1.38. The molecule has 2 nitrogen and oxygen atoms in total. The standard InChI is InChI=1S/C3H5NO.ClH/c1-2-3(4)5;/h2H,1H2,(H2,4,5);1H/p-1. The minimum atomic E-state index is -0.481. The van der Waals surface area contributed by atoms with E-state index < -0.39 is 5.91 Å². The van der Waals surface area contributed by atoms with Crippen molar-refractivity contribution < 1.29 is 17.2 Å². The highest BCUT2D eigenvalue weighted by Crippen LogP contribution is 1.48. The number of halogens is 1. The van der Waals surface area contributed by atoms with Gasteiger partial charge in [-0.15, -0.1) is 0 Å². The average molecular weight is 107 g/mol. The zero-order valence-corrected chi connectivity index (χ0v) is 3.90. The highest BCUT2D eigenvalue weighted by molar-refractivity contribution is 5.84. The van der Waals surface area contributed by atoms with Crippen molar-refractivity contribution in [1.82, 2.24) is 0 Å². The molecule has 0 atom stereocenters. The molecular formula is C3H5ClNO-. The van der Waals surface area contributed by atoms with Gasteiger partial charge in [-0.3, -0.25) is 4.79 Å². The Labute approximate surface area is 42.4 Å². The van der Waals surface area contributed by atoms with Crippen LogP contribution >= 0.6 is 0 Å². The fourth-order valence-corrected chi connectivity index (χ4v) is 0. The van der Waals surface area contributed by atoms with Gasteiger partial charge in [-0.05, 0) is 6.08 Å². The highest BCUT2D eigenvalue weighted by atomic mass is 35.5. The summed E-state index contributed by atoms with van der Waals surface area (Å²) in [5.41, 5.74) is 4.53. The summed E-state index contributed by atoms with van der Waals surface area (Å²) < 4.78 is 0. The fraction of sp³-hybridized carbons (Fsp3) is 0. The van der Waals surface area contributed by atoms with Crippen molar-refractivity contribution in [1.29, 1.82) is 0 Å². The molecule has 0 heterocycles. The SMILES string of the molecule is C=CC(N)=O.[Cl-]. The molecule has 0 bridgehead atoms. The summed E-state index contributed by atoms with van der Waals surface area (Å²) in [6.45, 7) is 3.09. The number of carbonyl (C=O) groups is 1. The number of rotatable bonds is 1. The van der Waals surface area contributed by atoms with Gasteiger partial charge in [0, 0.05) is 0 Å². The lowest BCUT2D eigenvalue weighted by molar-refractivity contribution is -0.113. The highest BCUT2D eigenvalue weighted by Gasteiger charge is 1.69. The van der Waals surface area contributed by atoms with Gasteiger partial charge in [-0.2, -0.15) is 0 Å². The van der Waals surface area contributed by atoms with Gasteiger partial charge in [0.2, 0.25) is 5.91 Å². The van der Waals surface area contributed by atoms with Crippen LogP contribution in [0.5, 0.6) is 0 Å². The van der Waals surface area contributed by atoms with Gasteiger partial charge in [0.1, 0.15) is 0 Å². The molecule has 0 fully saturated rings. The Morgan fingerprint density at radius 3 is 2.00 bits per heavy atom. The molecule has 3 heteroatoms. The van der Waals surface area contributed by atoms with Crippen molar-refractivity contribution in [3.63, 3.8) is 0 Å². The predicted octanol–water partition coefficient (Wildman–Crippen LogP) is -3.34. The van der Waals surface area contributed by atoms with Crippen LogP contribution in [0.1, 0.15) is 0 Å². The van der Waals surface area contributed by atoms with Crippen molar-refractivity contribution in [2.24, 2.45) is 5.73 Å². The molecule has 0 aliphatic heterocycles. The maximum absolute atomic E-state index is 9.47. The first-order chi connectivity index (χ1) is 2.27. The molecule has 2 N–H and O–H groups in total. The Morgan fingerprint density at radius 2 is 2.00 bits per heavy atom. The summed E-state index contributed by atoms with van der Waals surface area (Å²) >= 11 is 0. The van der Waals surface area contributed by atoms with Crippen molar-refractivity contribution in [2.45, 2.75) is 0 Å². The summed E-state index contributed by atoms with van der Waals surface area (Å²) in [6, 6.07) is 0. The molecule has 0 aromatic rings. The van der Waals surface area contributed by atoms with E-state index in [1.807, 2.05) is 0 Å². The van der Waals surface area contributed by atoms with Gasteiger partial charge in [0.05, 0.1) is 0 Å². The second kappa shape index (κ2) is 4.50. The maximum atomic E-state index is 9.47. The first-order valence-electron chi connectivity index (χ1n) is 1.19. The Balaban J connectivity index is 0. The molecule has 0 saturated carbocycles. The molecule has 1 amide bonds. The fourth-order valence-electron chi connectivity index (χ4n) is 0. The number of nitrogens with two attached hydrogens (primary N) is 1. The minimum absolute atomic E-state index is 0. The summed E-state index contributed by atoms with van der Waals surface area (Å²) in [5, 5.41) is 0. The molecule has 0 aromatic heterocycles. The van der Waals surface area contributed by atoms with Crippen LogP contribution in [0.4, 0.5) is 0 Å². The number of amides is 1. The third-order valence-corrected chi connectivity index (χ3v) is 0.201. The van der Waals surface area contributed by atoms with E-state index in [1.54, 1.807) is 0 Å². The second-order valence-corrected chi connectivity index (χ2v) is 0.606. The van der Waals surface area contributed by atoms with Gasteiger partial charge in [-0.1, -0.05) is 6.58 Å². The first-order valence-corrected chi connectivity index (χ1v) is 1.19. The van der Waals surface area contributed by atoms with Crippen LogP contribution in [-0.4, -0.2) is 5.91 Å². The second-order valence-electron chi connectivity index (χ2n) is 0.606. The molecule has 0 spiro atoms. The third kappa shape index (κ3) is 9.72. The van der Waals surface area contributed by atoms with Gasteiger partial charge >= 0.3 is 0 Å². The van der Waals surface area contributed by atoms with Gasteiger partial charge in [-0.25, -0.2) is 0 Å². The molecule has 0 aliphatic carbocycles. The molecular weight excluding hydrogens is 101 g/mol. The lowest BCUT2D eigenvalue weighted by Crippen LogP contribution is -3.00. The molecule has 6 heavy (non-hydrogen) atoms. The molecule has 0 aromatic carbocycles. The number of hydrogen-bond donors (Lipinski definition) is 1. The van der Waals surface area contributed by atoms with Crippen molar-refractivity contribution in [3.8, 4) is 0 Å². The van der Waals surface area contributed by atoms with E-state index in [0.717, 1.165) is 6.08 Å². The summed E-state index contributed by atoms with van der Waals surface area (Å²) in [4.78, 5) is 9.47. The van der Waals surface area contributed by atoms with Crippen molar-refractivity contribution in [3.05, 3.63) is 12.7 Å². The molecule has 0 aliphatic rings. The van der Waals surface area contributed by atoms with E-state index in [-0.39, 0.29) is 12.4 Å². The summed E-state index contributed by atoms with van der Waals surface area (Å²) in [7, 11) is 0.